The number of nitrogens with zero attached hydrogens (tertiary/aromatic N) is 2. The first-order valence-corrected chi connectivity index (χ1v) is 15.2. The number of aryl methyl sites for hydroxylation is 1. The zero-order valence-electron chi connectivity index (χ0n) is 26.9. The molecule has 0 aromatic heterocycles. The summed E-state index contributed by atoms with van der Waals surface area (Å²) in [5, 5.41) is 2.84. The van der Waals surface area contributed by atoms with Gasteiger partial charge in [-0.05, 0) is 107 Å². The van der Waals surface area contributed by atoms with Crippen LogP contribution in [0.3, 0.4) is 0 Å². The molecule has 8 nitrogen and oxygen atoms in total. The van der Waals surface area contributed by atoms with Crippen LogP contribution in [-0.4, -0.2) is 65.3 Å². The second-order valence-electron chi connectivity index (χ2n) is 13.2. The van der Waals surface area contributed by atoms with Gasteiger partial charge < -0.3 is 24.6 Å². The minimum Gasteiger partial charge on any atom is -0.444 e. The van der Waals surface area contributed by atoms with Crippen LogP contribution in [0.25, 0.3) is 11.1 Å². The number of anilines is 1. The van der Waals surface area contributed by atoms with E-state index in [9.17, 15) is 14.4 Å². The fraction of sp³-hybridized carbons (Fsp3) is 0.457. The Kier molecular flexibility index (Phi) is 9.86. The van der Waals surface area contributed by atoms with E-state index >= 15 is 4.39 Å². The third-order valence-corrected chi connectivity index (χ3v) is 7.40. The summed E-state index contributed by atoms with van der Waals surface area (Å²) in [7, 11) is 0. The Hall–Kier alpha value is -4.14. The molecule has 0 spiro atoms. The SMILES string of the molecule is CCc1cc(C2=CCN(C(=O)OC(C)(C)C)CC2)ccc1C(=O)Nc1ccc(C2=CCN(C(=O)OC(C)(C)C)CC2)c(F)c1. The average molecular weight is 606 g/mol. The summed E-state index contributed by atoms with van der Waals surface area (Å²) in [6.45, 7) is 14.8. The minimum atomic E-state index is -0.576. The van der Waals surface area contributed by atoms with Gasteiger partial charge in [-0.25, -0.2) is 14.0 Å². The van der Waals surface area contributed by atoms with E-state index in [2.05, 4.69) is 5.32 Å². The third kappa shape index (κ3) is 8.49. The lowest BCUT2D eigenvalue weighted by atomic mass is 9.94. The number of hydrogen-bond donors (Lipinski definition) is 1. The van der Waals surface area contributed by atoms with Crippen LogP contribution in [0.5, 0.6) is 0 Å². The van der Waals surface area contributed by atoms with Gasteiger partial charge in [0.15, 0.2) is 0 Å². The fourth-order valence-corrected chi connectivity index (χ4v) is 5.19. The van der Waals surface area contributed by atoms with Gasteiger partial charge in [-0.2, -0.15) is 0 Å². The molecule has 0 atom stereocenters. The van der Waals surface area contributed by atoms with Crippen molar-refractivity contribution < 1.29 is 28.2 Å². The van der Waals surface area contributed by atoms with Gasteiger partial charge in [0.25, 0.3) is 5.91 Å². The lowest BCUT2D eigenvalue weighted by Gasteiger charge is -2.29. The van der Waals surface area contributed by atoms with Crippen molar-refractivity contribution in [3.05, 3.63) is 76.6 Å². The molecule has 4 rings (SSSR count). The van der Waals surface area contributed by atoms with Crippen molar-refractivity contribution in [2.24, 2.45) is 0 Å². The van der Waals surface area contributed by atoms with Gasteiger partial charge in [-0.15, -0.1) is 0 Å². The number of halogens is 1. The molecule has 0 radical (unpaired) electrons. The van der Waals surface area contributed by atoms with E-state index in [1.54, 1.807) is 28.0 Å². The highest BCUT2D eigenvalue weighted by Gasteiger charge is 2.26. The van der Waals surface area contributed by atoms with Gasteiger partial charge in [-0.3, -0.25) is 4.79 Å². The third-order valence-electron chi connectivity index (χ3n) is 7.40. The molecule has 1 N–H and O–H groups in total. The van der Waals surface area contributed by atoms with Crippen molar-refractivity contribution in [2.45, 2.75) is 78.9 Å². The van der Waals surface area contributed by atoms with Crippen LogP contribution in [0.4, 0.5) is 19.7 Å². The number of carbonyl (C=O) groups excluding carboxylic acids is 3. The van der Waals surface area contributed by atoms with E-state index in [1.165, 1.54) is 6.07 Å². The maximum Gasteiger partial charge on any atom is 0.410 e. The molecule has 2 aliphatic rings. The number of rotatable bonds is 5. The Morgan fingerprint density at radius 2 is 1.39 bits per heavy atom. The minimum absolute atomic E-state index is 0.306. The van der Waals surface area contributed by atoms with Gasteiger partial charge in [0.1, 0.15) is 17.0 Å². The summed E-state index contributed by atoms with van der Waals surface area (Å²) < 4.78 is 26.1. The molecular formula is C35H44FN3O5. The highest BCUT2D eigenvalue weighted by molar-refractivity contribution is 6.05. The quantitative estimate of drug-likeness (QED) is 0.378. The van der Waals surface area contributed by atoms with E-state index < -0.39 is 17.0 Å². The zero-order chi connectivity index (χ0) is 32.2. The van der Waals surface area contributed by atoms with Crippen molar-refractivity contribution in [3.63, 3.8) is 0 Å². The number of nitrogens with one attached hydrogen (secondary N) is 1. The molecule has 0 saturated heterocycles. The Labute approximate surface area is 259 Å². The maximum atomic E-state index is 15.2. The van der Waals surface area contributed by atoms with Crippen LogP contribution in [0.2, 0.25) is 0 Å². The molecule has 0 unspecified atom stereocenters. The van der Waals surface area contributed by atoms with Gasteiger partial charge in [0.05, 0.1) is 0 Å². The first-order chi connectivity index (χ1) is 20.6. The summed E-state index contributed by atoms with van der Waals surface area (Å²) in [6.07, 6.45) is 5.01. The highest BCUT2D eigenvalue weighted by atomic mass is 19.1. The normalized spacial score (nSPS) is 15.7. The van der Waals surface area contributed by atoms with E-state index in [-0.39, 0.29) is 18.1 Å². The first-order valence-electron chi connectivity index (χ1n) is 15.2. The van der Waals surface area contributed by atoms with Gasteiger partial charge in [0.2, 0.25) is 0 Å². The Bertz CT molecular complexity index is 1480. The Balaban J connectivity index is 1.40. The molecule has 2 heterocycles. The number of carbonyl (C=O) groups is 3. The van der Waals surface area contributed by atoms with Gasteiger partial charge in [0, 0.05) is 43.0 Å². The van der Waals surface area contributed by atoms with E-state index in [4.69, 9.17) is 9.47 Å². The maximum absolute atomic E-state index is 15.2. The summed E-state index contributed by atoms with van der Waals surface area (Å²) in [5.41, 5.74) is 4.07. The summed E-state index contributed by atoms with van der Waals surface area (Å²) in [6, 6.07) is 10.4. The van der Waals surface area contributed by atoms with Gasteiger partial charge in [-0.1, -0.05) is 31.2 Å². The second-order valence-corrected chi connectivity index (χ2v) is 13.2. The van der Waals surface area contributed by atoms with Crippen molar-refractivity contribution in [2.75, 3.05) is 31.5 Å². The van der Waals surface area contributed by atoms with Crippen molar-refractivity contribution in [1.82, 2.24) is 9.80 Å². The smallest absolute Gasteiger partial charge is 0.410 e. The van der Waals surface area contributed by atoms with Crippen molar-refractivity contribution in [1.29, 1.82) is 0 Å². The summed E-state index contributed by atoms with van der Waals surface area (Å²) in [5.74, 6) is -0.741. The average Bonchev–Trinajstić information content (AvgIpc) is 2.95. The molecule has 2 aliphatic heterocycles. The number of hydrogen-bond acceptors (Lipinski definition) is 5. The zero-order valence-corrected chi connectivity index (χ0v) is 26.9. The van der Waals surface area contributed by atoms with Gasteiger partial charge >= 0.3 is 12.2 Å². The molecule has 0 aliphatic carbocycles. The lowest BCUT2D eigenvalue weighted by molar-refractivity contribution is 0.0260. The molecule has 0 fully saturated rings. The van der Waals surface area contributed by atoms with Crippen LogP contribution in [-0.2, 0) is 15.9 Å². The molecule has 3 amide bonds. The van der Waals surface area contributed by atoms with Crippen molar-refractivity contribution in [3.8, 4) is 0 Å². The number of ether oxygens (including phenoxy) is 2. The molecular weight excluding hydrogens is 561 g/mol. The lowest BCUT2D eigenvalue weighted by Crippen LogP contribution is -2.39. The van der Waals surface area contributed by atoms with E-state index in [0.717, 1.165) is 22.3 Å². The Morgan fingerprint density at radius 3 is 1.86 bits per heavy atom. The number of benzene rings is 2. The van der Waals surface area contributed by atoms with Crippen LogP contribution >= 0.6 is 0 Å². The fourth-order valence-electron chi connectivity index (χ4n) is 5.19. The van der Waals surface area contributed by atoms with Crippen LogP contribution in [0, 0.1) is 5.82 Å². The molecule has 9 heteroatoms. The molecule has 2 aromatic carbocycles. The van der Waals surface area contributed by atoms with Crippen LogP contribution in [0.15, 0.2) is 48.6 Å². The van der Waals surface area contributed by atoms with E-state index in [0.29, 0.717) is 62.3 Å². The first kappa shape index (κ1) is 32.8. The second kappa shape index (κ2) is 13.2. The summed E-state index contributed by atoms with van der Waals surface area (Å²) >= 11 is 0. The predicted molar refractivity (Wildman–Crippen MR) is 171 cm³/mol. The predicted octanol–water partition coefficient (Wildman–Crippen LogP) is 7.69. The summed E-state index contributed by atoms with van der Waals surface area (Å²) in [4.78, 5) is 41.3. The largest absolute Gasteiger partial charge is 0.444 e. The van der Waals surface area contributed by atoms with E-state index in [1.807, 2.05) is 72.8 Å². The molecule has 0 saturated carbocycles. The Morgan fingerprint density at radius 1 is 0.818 bits per heavy atom. The monoisotopic (exact) mass is 605 g/mol. The highest BCUT2D eigenvalue weighted by Crippen LogP contribution is 2.29. The molecule has 2 aromatic rings. The topological polar surface area (TPSA) is 88.2 Å². The van der Waals surface area contributed by atoms with Crippen molar-refractivity contribution >= 4 is 34.9 Å². The molecule has 236 valence electrons. The molecule has 0 bridgehead atoms. The van der Waals surface area contributed by atoms with Crippen LogP contribution < -0.4 is 5.32 Å². The standard InChI is InChI=1S/C35H44FN3O5/c1-8-23-21-26(24-13-17-38(18-14-24)32(41)43-34(2,3)4)9-11-29(23)31(40)37-27-10-12-28(30(36)22-27)25-15-19-39(20-16-25)33(42)44-35(5,6)7/h9-13,15,21-22H,8,14,16-20H2,1-7H3,(H,37,40). The molecule has 44 heavy (non-hydrogen) atoms. The van der Waals surface area contributed by atoms with Crippen LogP contribution in [0.1, 0.15) is 88.4 Å². The number of amides is 3.